The number of halogens is 5. The van der Waals surface area contributed by atoms with Crippen LogP contribution in [0, 0.1) is 11.3 Å². The number of rotatable bonds is 3. The molecule has 108 valence electrons. The Bertz CT molecular complexity index is 563. The van der Waals surface area contributed by atoms with Crippen molar-refractivity contribution in [3.05, 3.63) is 28.6 Å². The van der Waals surface area contributed by atoms with Gasteiger partial charge in [-0.2, -0.15) is 18.4 Å². The van der Waals surface area contributed by atoms with Crippen molar-refractivity contribution in [1.29, 1.82) is 5.26 Å². The molecule has 0 aliphatic heterocycles. The number of methoxy groups -OCH3 is 1. The Labute approximate surface area is 109 Å². The summed E-state index contributed by atoms with van der Waals surface area (Å²) in [5, 5.41) is 8.76. The molecule has 0 unspecified atom stereocenters. The van der Waals surface area contributed by atoms with Crippen molar-refractivity contribution in [2.24, 2.45) is 0 Å². The summed E-state index contributed by atoms with van der Waals surface area (Å²) in [7, 11) is 0.980. The minimum Gasteiger partial charge on any atom is -0.469 e. The summed E-state index contributed by atoms with van der Waals surface area (Å²) in [4.78, 5) is 13.9. The zero-order valence-corrected chi connectivity index (χ0v) is 9.96. The first-order chi connectivity index (χ1) is 9.20. The molecule has 4 nitrogen and oxygen atoms in total. The number of aromatic nitrogens is 1. The van der Waals surface area contributed by atoms with Gasteiger partial charge in [-0.05, 0) is 6.07 Å². The number of pyridine rings is 1. The molecule has 0 spiro atoms. The lowest BCUT2D eigenvalue weighted by Crippen LogP contribution is -2.16. The third-order valence-electron chi connectivity index (χ3n) is 2.32. The number of nitriles is 1. The third-order valence-corrected chi connectivity index (χ3v) is 2.32. The zero-order chi connectivity index (χ0) is 15.5. The summed E-state index contributed by atoms with van der Waals surface area (Å²) in [5.74, 6) is -0.968. The van der Waals surface area contributed by atoms with E-state index in [4.69, 9.17) is 5.26 Å². The highest BCUT2D eigenvalue weighted by Crippen LogP contribution is 2.32. The van der Waals surface area contributed by atoms with E-state index in [1.54, 1.807) is 0 Å². The number of nitrogens with zero attached hydrogens (tertiary/aromatic N) is 2. The van der Waals surface area contributed by atoms with Crippen LogP contribution in [0.15, 0.2) is 6.07 Å². The summed E-state index contributed by atoms with van der Waals surface area (Å²) in [6.07, 6.45) is -9.09. The largest absolute Gasteiger partial charge is 0.469 e. The average Bonchev–Trinajstić information content (AvgIpc) is 2.36. The number of ether oxygens (including phenoxy) is 1. The van der Waals surface area contributed by atoms with Crippen LogP contribution in [0.25, 0.3) is 0 Å². The van der Waals surface area contributed by atoms with Crippen LogP contribution >= 0.6 is 0 Å². The fourth-order valence-corrected chi connectivity index (χ4v) is 1.42. The SMILES string of the molecule is COC(=O)Cc1c(C#N)cc(C(F)(F)F)nc1C(F)F. The van der Waals surface area contributed by atoms with Crippen LogP contribution in [0.2, 0.25) is 0 Å². The second kappa shape index (κ2) is 5.81. The minimum atomic E-state index is -4.97. The van der Waals surface area contributed by atoms with E-state index in [1.807, 2.05) is 0 Å². The van der Waals surface area contributed by atoms with Crippen LogP contribution in [-0.4, -0.2) is 18.1 Å². The Morgan fingerprint density at radius 1 is 1.50 bits per heavy atom. The quantitative estimate of drug-likeness (QED) is 0.635. The monoisotopic (exact) mass is 294 g/mol. The fraction of sp³-hybridized carbons (Fsp3) is 0.364. The normalized spacial score (nSPS) is 11.3. The molecule has 0 aliphatic carbocycles. The van der Waals surface area contributed by atoms with E-state index < -0.39 is 47.5 Å². The standard InChI is InChI=1S/C11H7F5N2O2/c1-20-8(19)3-6-5(4-17)2-7(11(14,15)16)18-9(6)10(12)13/h2,10H,3H2,1H3. The van der Waals surface area contributed by atoms with Crippen molar-refractivity contribution in [3.8, 4) is 6.07 Å². The highest BCUT2D eigenvalue weighted by atomic mass is 19.4. The predicted molar refractivity (Wildman–Crippen MR) is 54.6 cm³/mol. The maximum absolute atomic E-state index is 12.8. The first kappa shape index (κ1) is 15.8. The molecule has 20 heavy (non-hydrogen) atoms. The Hall–Kier alpha value is -2.24. The summed E-state index contributed by atoms with van der Waals surface area (Å²) in [6.45, 7) is 0. The van der Waals surface area contributed by atoms with E-state index in [-0.39, 0.29) is 0 Å². The van der Waals surface area contributed by atoms with Gasteiger partial charge in [-0.3, -0.25) is 4.79 Å². The van der Waals surface area contributed by atoms with Gasteiger partial charge in [0.2, 0.25) is 0 Å². The van der Waals surface area contributed by atoms with E-state index in [1.165, 1.54) is 6.07 Å². The van der Waals surface area contributed by atoms with Crippen molar-refractivity contribution in [2.75, 3.05) is 7.11 Å². The lowest BCUT2D eigenvalue weighted by Gasteiger charge is -2.13. The second-order valence-corrected chi connectivity index (χ2v) is 3.58. The minimum absolute atomic E-state index is 0.324. The van der Waals surface area contributed by atoms with E-state index >= 15 is 0 Å². The van der Waals surface area contributed by atoms with Gasteiger partial charge in [-0.15, -0.1) is 0 Å². The lowest BCUT2D eigenvalue weighted by atomic mass is 10.0. The summed E-state index contributed by atoms with van der Waals surface area (Å²) >= 11 is 0. The number of alkyl halides is 5. The molecule has 1 aromatic rings. The molecule has 0 bridgehead atoms. The number of hydrogen-bond donors (Lipinski definition) is 0. The molecule has 9 heteroatoms. The molecule has 0 aromatic carbocycles. The van der Waals surface area contributed by atoms with Crippen molar-refractivity contribution < 1.29 is 31.5 Å². The van der Waals surface area contributed by atoms with Crippen LogP contribution in [0.5, 0.6) is 0 Å². The van der Waals surface area contributed by atoms with Gasteiger partial charge in [0.05, 0.1) is 25.2 Å². The predicted octanol–water partition coefficient (Wildman–Crippen LogP) is 2.63. The van der Waals surface area contributed by atoms with Gasteiger partial charge in [-0.1, -0.05) is 0 Å². The van der Waals surface area contributed by atoms with Crippen molar-refractivity contribution in [1.82, 2.24) is 4.98 Å². The average molecular weight is 294 g/mol. The molecule has 0 fully saturated rings. The lowest BCUT2D eigenvalue weighted by molar-refractivity contribution is -0.141. The Kier molecular flexibility index (Phi) is 4.60. The van der Waals surface area contributed by atoms with Gasteiger partial charge in [0.15, 0.2) is 0 Å². The molecule has 0 saturated heterocycles. The Balaban J connectivity index is 3.50. The summed E-state index contributed by atoms with van der Waals surface area (Å²) in [5.41, 5.74) is -4.12. The number of carbonyl (C=O) groups excluding carboxylic acids is 1. The molecule has 0 saturated carbocycles. The Morgan fingerprint density at radius 2 is 2.10 bits per heavy atom. The molecular formula is C11H7F5N2O2. The van der Waals surface area contributed by atoms with Gasteiger partial charge in [0.1, 0.15) is 11.4 Å². The highest BCUT2D eigenvalue weighted by Gasteiger charge is 2.35. The highest BCUT2D eigenvalue weighted by molar-refractivity contribution is 5.74. The molecule has 0 N–H and O–H groups in total. The van der Waals surface area contributed by atoms with Gasteiger partial charge in [0.25, 0.3) is 6.43 Å². The van der Waals surface area contributed by atoms with Gasteiger partial charge < -0.3 is 4.74 Å². The van der Waals surface area contributed by atoms with Crippen LogP contribution in [0.1, 0.15) is 28.9 Å². The van der Waals surface area contributed by atoms with Crippen molar-refractivity contribution >= 4 is 5.97 Å². The molecule has 0 radical (unpaired) electrons. The summed E-state index contributed by atoms with van der Waals surface area (Å²) in [6, 6.07) is 1.68. The van der Waals surface area contributed by atoms with E-state index in [0.717, 1.165) is 7.11 Å². The Morgan fingerprint density at radius 3 is 2.50 bits per heavy atom. The number of esters is 1. The summed E-state index contributed by atoms with van der Waals surface area (Å²) < 4.78 is 67.3. The van der Waals surface area contributed by atoms with Gasteiger partial charge in [-0.25, -0.2) is 13.8 Å². The number of carbonyl (C=O) groups is 1. The second-order valence-electron chi connectivity index (χ2n) is 3.58. The van der Waals surface area contributed by atoms with Crippen LogP contribution in [-0.2, 0) is 22.1 Å². The molecular weight excluding hydrogens is 287 g/mol. The molecule has 0 amide bonds. The van der Waals surface area contributed by atoms with Crippen molar-refractivity contribution in [3.63, 3.8) is 0 Å². The topological polar surface area (TPSA) is 63.0 Å². The first-order valence-electron chi connectivity index (χ1n) is 5.06. The van der Waals surface area contributed by atoms with Crippen LogP contribution < -0.4 is 0 Å². The molecule has 1 heterocycles. The van der Waals surface area contributed by atoms with E-state index in [2.05, 4.69) is 9.72 Å². The van der Waals surface area contributed by atoms with E-state index in [9.17, 15) is 26.7 Å². The first-order valence-corrected chi connectivity index (χ1v) is 5.06. The fourth-order valence-electron chi connectivity index (χ4n) is 1.42. The van der Waals surface area contributed by atoms with Gasteiger partial charge >= 0.3 is 12.1 Å². The molecule has 0 atom stereocenters. The molecule has 1 aromatic heterocycles. The maximum atomic E-state index is 12.8. The third kappa shape index (κ3) is 3.40. The van der Waals surface area contributed by atoms with Crippen LogP contribution in [0.3, 0.4) is 0 Å². The van der Waals surface area contributed by atoms with Crippen LogP contribution in [0.4, 0.5) is 22.0 Å². The molecule has 1 rings (SSSR count). The maximum Gasteiger partial charge on any atom is 0.433 e. The number of hydrogen-bond acceptors (Lipinski definition) is 4. The molecule has 0 aliphatic rings. The van der Waals surface area contributed by atoms with E-state index in [0.29, 0.717) is 6.07 Å². The smallest absolute Gasteiger partial charge is 0.433 e. The van der Waals surface area contributed by atoms with Crippen molar-refractivity contribution in [2.45, 2.75) is 19.0 Å². The van der Waals surface area contributed by atoms with Gasteiger partial charge in [0, 0.05) is 5.56 Å². The zero-order valence-electron chi connectivity index (χ0n) is 9.96.